The Labute approximate surface area is 158 Å². The van der Waals surface area contributed by atoms with Crippen molar-refractivity contribution in [1.82, 2.24) is 10.2 Å². The largest absolute Gasteiger partial charge is 0.349 e. The number of nitrogens with zero attached hydrogens (tertiary/aromatic N) is 1. The van der Waals surface area contributed by atoms with Gasteiger partial charge in [0, 0.05) is 40.1 Å². The number of hydrogen-bond donors (Lipinski definition) is 1. The van der Waals surface area contributed by atoms with Crippen molar-refractivity contribution in [3.05, 3.63) is 57.2 Å². The predicted molar refractivity (Wildman–Crippen MR) is 103 cm³/mol. The molecule has 5 heteroatoms. The van der Waals surface area contributed by atoms with Crippen molar-refractivity contribution >= 4 is 28.8 Å². The molecule has 1 aromatic carbocycles. The summed E-state index contributed by atoms with van der Waals surface area (Å²) in [5.41, 5.74) is 0.690. The van der Waals surface area contributed by atoms with Crippen LogP contribution in [0, 0.1) is 0 Å². The summed E-state index contributed by atoms with van der Waals surface area (Å²) in [6, 6.07) is 13.0. The number of benzene rings is 1. The fourth-order valence-corrected chi connectivity index (χ4v) is 5.15. The first-order valence-corrected chi connectivity index (χ1v) is 10.3. The highest BCUT2D eigenvalue weighted by molar-refractivity contribution is 7.09. The summed E-state index contributed by atoms with van der Waals surface area (Å²) in [5, 5.41) is 6.07. The quantitative estimate of drug-likeness (QED) is 0.839. The summed E-state index contributed by atoms with van der Waals surface area (Å²) in [5.74, 6) is 0.0199. The van der Waals surface area contributed by atoms with Gasteiger partial charge < -0.3 is 5.32 Å². The zero-order valence-electron chi connectivity index (χ0n) is 14.2. The second kappa shape index (κ2) is 7.48. The summed E-state index contributed by atoms with van der Waals surface area (Å²) >= 11 is 7.75. The lowest BCUT2D eigenvalue weighted by Gasteiger charge is -2.49. The third-order valence-corrected chi connectivity index (χ3v) is 6.60. The fourth-order valence-electron chi connectivity index (χ4n) is 4.31. The molecule has 3 nitrogen and oxygen atoms in total. The molecule has 3 heterocycles. The van der Waals surface area contributed by atoms with Gasteiger partial charge in [0.25, 0.3) is 5.91 Å². The second-order valence-corrected chi connectivity index (χ2v) is 8.61. The summed E-state index contributed by atoms with van der Waals surface area (Å²) < 4.78 is 0. The predicted octanol–water partition coefficient (Wildman–Crippen LogP) is 4.72. The van der Waals surface area contributed by atoms with Crippen LogP contribution in [-0.2, 0) is 6.54 Å². The highest BCUT2D eigenvalue weighted by Gasteiger charge is 2.38. The minimum absolute atomic E-state index is 0.0199. The molecule has 1 amide bonds. The molecule has 0 aliphatic carbocycles. The van der Waals surface area contributed by atoms with Crippen molar-refractivity contribution in [1.29, 1.82) is 0 Å². The normalized spacial score (nSPS) is 26.4. The van der Waals surface area contributed by atoms with Gasteiger partial charge in [-0.05, 0) is 61.4 Å². The summed E-state index contributed by atoms with van der Waals surface area (Å²) in [6.07, 6.45) is 5.92. The van der Waals surface area contributed by atoms with Crippen LogP contribution >= 0.6 is 22.9 Å². The molecule has 2 bridgehead atoms. The van der Waals surface area contributed by atoms with E-state index in [2.05, 4.69) is 27.7 Å². The number of carbonyl (C=O) groups excluding carboxylic acids is 1. The Balaban J connectivity index is 1.40. The molecular formula is C20H23ClN2OS. The molecule has 1 aromatic heterocycles. The molecule has 2 fully saturated rings. The van der Waals surface area contributed by atoms with Gasteiger partial charge in [0.1, 0.15) is 0 Å². The third-order valence-electron chi connectivity index (χ3n) is 5.49. The second-order valence-electron chi connectivity index (χ2n) is 7.14. The van der Waals surface area contributed by atoms with Crippen LogP contribution in [0.4, 0.5) is 0 Å². The average molecular weight is 375 g/mol. The fraction of sp³-hybridized carbons (Fsp3) is 0.450. The Morgan fingerprint density at radius 1 is 1.16 bits per heavy atom. The van der Waals surface area contributed by atoms with Gasteiger partial charge in [0.2, 0.25) is 0 Å². The van der Waals surface area contributed by atoms with Crippen LogP contribution in [0.5, 0.6) is 0 Å². The van der Waals surface area contributed by atoms with Crippen molar-refractivity contribution in [2.24, 2.45) is 0 Å². The Morgan fingerprint density at radius 2 is 1.88 bits per heavy atom. The van der Waals surface area contributed by atoms with E-state index in [1.165, 1.54) is 24.1 Å². The Bertz CT molecular complexity index is 702. The number of amides is 1. The van der Waals surface area contributed by atoms with Gasteiger partial charge in [-0.2, -0.15) is 0 Å². The van der Waals surface area contributed by atoms with Gasteiger partial charge in [0.05, 0.1) is 0 Å². The van der Waals surface area contributed by atoms with Crippen LogP contribution in [0.15, 0.2) is 41.8 Å². The topological polar surface area (TPSA) is 32.3 Å². The standard InChI is InChI=1S/C20H23ClN2OS/c21-15-8-6-14(7-9-15)20(24)22-16-11-17-3-1-4-18(12-16)23(17)13-19-5-2-10-25-19/h2,5-10,16-18H,1,3-4,11-13H2,(H,22,24)/t16?,17-,18+. The Kier molecular flexibility index (Phi) is 5.11. The Morgan fingerprint density at radius 3 is 2.52 bits per heavy atom. The Hall–Kier alpha value is -1.36. The molecule has 2 aliphatic rings. The van der Waals surface area contributed by atoms with Crippen LogP contribution in [-0.4, -0.2) is 28.9 Å². The molecule has 0 radical (unpaired) electrons. The van der Waals surface area contributed by atoms with Crippen molar-refractivity contribution in [3.8, 4) is 0 Å². The van der Waals surface area contributed by atoms with Crippen LogP contribution in [0.3, 0.4) is 0 Å². The lowest BCUT2D eigenvalue weighted by atomic mass is 9.81. The first kappa shape index (κ1) is 17.1. The van der Waals surface area contributed by atoms with E-state index >= 15 is 0 Å². The van der Waals surface area contributed by atoms with Gasteiger partial charge >= 0.3 is 0 Å². The van der Waals surface area contributed by atoms with E-state index < -0.39 is 0 Å². The molecule has 0 saturated carbocycles. The summed E-state index contributed by atoms with van der Waals surface area (Å²) in [7, 11) is 0. The van der Waals surface area contributed by atoms with Crippen molar-refractivity contribution in [3.63, 3.8) is 0 Å². The molecule has 2 aromatic rings. The molecule has 2 saturated heterocycles. The van der Waals surface area contributed by atoms with E-state index in [9.17, 15) is 4.79 Å². The number of thiophene rings is 1. The molecule has 25 heavy (non-hydrogen) atoms. The van der Waals surface area contributed by atoms with Gasteiger partial charge in [-0.15, -0.1) is 11.3 Å². The zero-order valence-corrected chi connectivity index (χ0v) is 15.7. The van der Waals surface area contributed by atoms with Crippen LogP contribution in [0.1, 0.15) is 47.3 Å². The van der Waals surface area contributed by atoms with Crippen molar-refractivity contribution in [2.75, 3.05) is 0 Å². The molecular weight excluding hydrogens is 352 g/mol. The lowest BCUT2D eigenvalue weighted by Crippen LogP contribution is -2.56. The first-order chi connectivity index (χ1) is 12.2. The number of fused-ring (bicyclic) bond motifs is 2. The van der Waals surface area contributed by atoms with Crippen LogP contribution in [0.25, 0.3) is 0 Å². The maximum Gasteiger partial charge on any atom is 0.251 e. The number of nitrogens with one attached hydrogen (secondary N) is 1. The van der Waals surface area contributed by atoms with E-state index in [4.69, 9.17) is 11.6 Å². The minimum Gasteiger partial charge on any atom is -0.349 e. The number of carbonyl (C=O) groups is 1. The molecule has 2 aliphatic heterocycles. The minimum atomic E-state index is 0.0199. The number of halogens is 1. The van der Waals surface area contributed by atoms with Crippen LogP contribution in [0.2, 0.25) is 5.02 Å². The van der Waals surface area contributed by atoms with Crippen molar-refractivity contribution < 1.29 is 4.79 Å². The molecule has 3 atom stereocenters. The van der Waals surface area contributed by atoms with E-state index in [1.54, 1.807) is 24.3 Å². The highest BCUT2D eigenvalue weighted by Crippen LogP contribution is 2.35. The van der Waals surface area contributed by atoms with Gasteiger partial charge in [0.15, 0.2) is 0 Å². The summed E-state index contributed by atoms with van der Waals surface area (Å²) in [6.45, 7) is 1.06. The lowest BCUT2D eigenvalue weighted by molar-refractivity contribution is 0.0184. The van der Waals surface area contributed by atoms with Crippen LogP contribution < -0.4 is 5.32 Å². The smallest absolute Gasteiger partial charge is 0.251 e. The molecule has 1 N–H and O–H groups in total. The zero-order chi connectivity index (χ0) is 17.2. The van der Waals surface area contributed by atoms with Crippen molar-refractivity contribution in [2.45, 2.75) is 56.8 Å². The number of piperidine rings is 2. The monoisotopic (exact) mass is 374 g/mol. The summed E-state index contributed by atoms with van der Waals surface area (Å²) in [4.78, 5) is 16.6. The van der Waals surface area contributed by atoms with E-state index in [1.807, 2.05) is 11.3 Å². The number of rotatable bonds is 4. The van der Waals surface area contributed by atoms with Gasteiger partial charge in [-0.1, -0.05) is 24.1 Å². The maximum absolute atomic E-state index is 12.5. The van der Waals surface area contributed by atoms with Gasteiger partial charge in [-0.3, -0.25) is 9.69 Å². The average Bonchev–Trinajstić information content (AvgIpc) is 3.09. The highest BCUT2D eigenvalue weighted by atomic mass is 35.5. The van der Waals surface area contributed by atoms with E-state index in [-0.39, 0.29) is 11.9 Å². The molecule has 0 spiro atoms. The maximum atomic E-state index is 12.5. The first-order valence-electron chi connectivity index (χ1n) is 9.03. The molecule has 1 unspecified atom stereocenters. The third kappa shape index (κ3) is 3.91. The number of hydrogen-bond acceptors (Lipinski definition) is 3. The molecule has 4 rings (SSSR count). The van der Waals surface area contributed by atoms with E-state index in [0.29, 0.717) is 22.7 Å². The SMILES string of the molecule is O=C(NC1C[C@H]2CCC[C@@H](C1)N2Cc1cccs1)c1ccc(Cl)cc1. The molecule has 132 valence electrons. The van der Waals surface area contributed by atoms with E-state index in [0.717, 1.165) is 19.4 Å². The van der Waals surface area contributed by atoms with Gasteiger partial charge in [-0.25, -0.2) is 0 Å².